The van der Waals surface area contributed by atoms with Crippen molar-refractivity contribution in [3.63, 3.8) is 0 Å². The van der Waals surface area contributed by atoms with Gasteiger partial charge in [-0.25, -0.2) is 4.98 Å². The first kappa shape index (κ1) is 16.8. The van der Waals surface area contributed by atoms with E-state index < -0.39 is 0 Å². The molecular weight excluding hydrogens is 334 g/mol. The van der Waals surface area contributed by atoms with E-state index in [4.69, 9.17) is 4.98 Å². The molecule has 0 amide bonds. The third-order valence-electron chi connectivity index (χ3n) is 5.44. The van der Waals surface area contributed by atoms with Crippen molar-refractivity contribution in [1.29, 1.82) is 0 Å². The molecular formula is C17H27N7S. The SMILES string of the molecule is CN(C)c1n[nH]c(C2CCN(c3nc(C4CCCCC4)ns3)CC2)n1. The molecule has 8 heteroatoms. The summed E-state index contributed by atoms with van der Waals surface area (Å²) in [5.74, 6) is 3.92. The molecule has 0 atom stereocenters. The highest BCUT2D eigenvalue weighted by molar-refractivity contribution is 7.09. The monoisotopic (exact) mass is 361 g/mol. The van der Waals surface area contributed by atoms with E-state index in [1.807, 2.05) is 19.0 Å². The number of hydrogen-bond acceptors (Lipinski definition) is 7. The largest absolute Gasteiger partial charge is 0.347 e. The summed E-state index contributed by atoms with van der Waals surface area (Å²) in [5, 5.41) is 8.49. The standard InChI is InChI=1S/C17H27N7S/c1-23(2)16-18-14(20-21-16)13-8-10-24(11-9-13)17-19-15(22-25-17)12-6-4-3-5-7-12/h12-13H,3-11H2,1-2H3,(H,18,20,21). The summed E-state index contributed by atoms with van der Waals surface area (Å²) in [4.78, 5) is 13.8. The third-order valence-corrected chi connectivity index (χ3v) is 6.24. The number of aromatic nitrogens is 5. The topological polar surface area (TPSA) is 73.8 Å². The highest BCUT2D eigenvalue weighted by Crippen LogP contribution is 2.34. The van der Waals surface area contributed by atoms with Crippen LogP contribution in [0.4, 0.5) is 11.1 Å². The molecule has 7 nitrogen and oxygen atoms in total. The predicted octanol–water partition coefficient (Wildman–Crippen LogP) is 3.15. The first-order chi connectivity index (χ1) is 12.2. The van der Waals surface area contributed by atoms with Gasteiger partial charge in [-0.3, -0.25) is 5.10 Å². The van der Waals surface area contributed by atoms with Crippen LogP contribution in [-0.2, 0) is 0 Å². The van der Waals surface area contributed by atoms with Crippen LogP contribution in [0.5, 0.6) is 0 Å². The molecule has 2 fully saturated rings. The van der Waals surface area contributed by atoms with Crippen LogP contribution >= 0.6 is 11.5 Å². The summed E-state index contributed by atoms with van der Waals surface area (Å²) in [6.07, 6.45) is 8.72. The van der Waals surface area contributed by atoms with Gasteiger partial charge in [-0.2, -0.15) is 9.36 Å². The molecule has 1 aliphatic heterocycles. The number of H-pyrrole nitrogens is 1. The van der Waals surface area contributed by atoms with Gasteiger partial charge in [0.25, 0.3) is 0 Å². The fourth-order valence-corrected chi connectivity index (χ4v) is 4.67. The molecule has 4 rings (SSSR count). The van der Waals surface area contributed by atoms with Crippen molar-refractivity contribution in [1.82, 2.24) is 24.5 Å². The summed E-state index contributed by atoms with van der Waals surface area (Å²) in [5.41, 5.74) is 0. The smallest absolute Gasteiger partial charge is 0.244 e. The molecule has 2 aliphatic rings. The van der Waals surface area contributed by atoms with Gasteiger partial charge in [0.2, 0.25) is 11.1 Å². The van der Waals surface area contributed by atoms with Gasteiger partial charge in [-0.15, -0.1) is 5.10 Å². The number of rotatable bonds is 4. The minimum atomic E-state index is 0.461. The normalized spacial score (nSPS) is 20.2. The summed E-state index contributed by atoms with van der Waals surface area (Å²) in [7, 11) is 3.93. The second-order valence-corrected chi connectivity index (χ2v) is 8.18. The molecule has 0 aromatic carbocycles. The van der Waals surface area contributed by atoms with E-state index in [1.54, 1.807) is 11.5 Å². The number of piperidine rings is 1. The number of anilines is 2. The molecule has 0 bridgehead atoms. The van der Waals surface area contributed by atoms with Crippen LogP contribution in [0, 0.1) is 0 Å². The quantitative estimate of drug-likeness (QED) is 0.902. The zero-order valence-electron chi connectivity index (χ0n) is 15.1. The molecule has 1 saturated carbocycles. The minimum Gasteiger partial charge on any atom is -0.347 e. The second kappa shape index (κ2) is 7.27. The van der Waals surface area contributed by atoms with Crippen molar-refractivity contribution in [2.24, 2.45) is 0 Å². The van der Waals surface area contributed by atoms with Gasteiger partial charge in [0.1, 0.15) is 11.6 Å². The average Bonchev–Trinajstić information content (AvgIpc) is 3.33. The van der Waals surface area contributed by atoms with E-state index in [1.165, 1.54) is 32.1 Å². The van der Waals surface area contributed by atoms with Crippen molar-refractivity contribution < 1.29 is 0 Å². The molecule has 1 saturated heterocycles. The van der Waals surface area contributed by atoms with Crippen molar-refractivity contribution in [3.05, 3.63) is 11.6 Å². The van der Waals surface area contributed by atoms with Crippen LogP contribution < -0.4 is 9.80 Å². The van der Waals surface area contributed by atoms with Gasteiger partial charge < -0.3 is 9.80 Å². The van der Waals surface area contributed by atoms with Crippen LogP contribution in [0.2, 0.25) is 0 Å². The van der Waals surface area contributed by atoms with E-state index in [-0.39, 0.29) is 0 Å². The minimum absolute atomic E-state index is 0.461. The lowest BCUT2D eigenvalue weighted by molar-refractivity contribution is 0.431. The van der Waals surface area contributed by atoms with Gasteiger partial charge >= 0.3 is 0 Å². The molecule has 0 unspecified atom stereocenters. The van der Waals surface area contributed by atoms with Gasteiger partial charge in [-0.1, -0.05) is 19.3 Å². The zero-order valence-corrected chi connectivity index (χ0v) is 15.9. The lowest BCUT2D eigenvalue weighted by Gasteiger charge is -2.30. The maximum Gasteiger partial charge on any atom is 0.244 e. The Bertz CT molecular complexity index is 681. The molecule has 136 valence electrons. The molecule has 0 spiro atoms. The van der Waals surface area contributed by atoms with E-state index >= 15 is 0 Å². The van der Waals surface area contributed by atoms with E-state index in [2.05, 4.69) is 24.5 Å². The Balaban J connectivity index is 1.36. The van der Waals surface area contributed by atoms with Gasteiger partial charge in [0.15, 0.2) is 0 Å². The highest BCUT2D eigenvalue weighted by atomic mass is 32.1. The van der Waals surface area contributed by atoms with Gasteiger partial charge in [0.05, 0.1) is 0 Å². The van der Waals surface area contributed by atoms with Gasteiger partial charge in [-0.05, 0) is 25.7 Å². The molecule has 1 aliphatic carbocycles. The van der Waals surface area contributed by atoms with Crippen molar-refractivity contribution >= 4 is 22.6 Å². The van der Waals surface area contributed by atoms with Crippen molar-refractivity contribution in [2.75, 3.05) is 37.0 Å². The summed E-state index contributed by atoms with van der Waals surface area (Å²) < 4.78 is 4.67. The lowest BCUT2D eigenvalue weighted by atomic mass is 9.89. The van der Waals surface area contributed by atoms with Crippen LogP contribution in [0.1, 0.15) is 68.4 Å². The molecule has 2 aromatic rings. The summed E-state index contributed by atoms with van der Waals surface area (Å²) in [6, 6.07) is 0. The van der Waals surface area contributed by atoms with Crippen molar-refractivity contribution in [2.45, 2.75) is 56.8 Å². The summed E-state index contributed by atoms with van der Waals surface area (Å²) in [6.45, 7) is 2.03. The zero-order chi connectivity index (χ0) is 17.2. The predicted molar refractivity (Wildman–Crippen MR) is 101 cm³/mol. The summed E-state index contributed by atoms with van der Waals surface area (Å²) >= 11 is 1.58. The Morgan fingerprint density at radius 2 is 1.76 bits per heavy atom. The number of aromatic amines is 1. The lowest BCUT2D eigenvalue weighted by Crippen LogP contribution is -2.33. The number of nitrogens with one attached hydrogen (secondary N) is 1. The molecule has 0 radical (unpaired) electrons. The van der Waals surface area contributed by atoms with E-state index in [0.717, 1.165) is 48.7 Å². The Labute approximate surface area is 153 Å². The van der Waals surface area contributed by atoms with E-state index in [0.29, 0.717) is 11.8 Å². The molecule has 3 heterocycles. The fourth-order valence-electron chi connectivity index (χ4n) is 3.87. The van der Waals surface area contributed by atoms with Crippen LogP contribution in [0.3, 0.4) is 0 Å². The molecule has 2 aromatic heterocycles. The highest BCUT2D eigenvalue weighted by Gasteiger charge is 2.27. The molecule has 25 heavy (non-hydrogen) atoms. The average molecular weight is 362 g/mol. The Morgan fingerprint density at radius 1 is 1.00 bits per heavy atom. The van der Waals surface area contributed by atoms with E-state index in [9.17, 15) is 0 Å². The second-order valence-electron chi connectivity index (χ2n) is 7.45. The third kappa shape index (κ3) is 3.63. The number of nitrogens with zero attached hydrogens (tertiary/aromatic N) is 6. The van der Waals surface area contributed by atoms with Crippen LogP contribution in [0.15, 0.2) is 0 Å². The Hall–Kier alpha value is -1.70. The fraction of sp³-hybridized carbons (Fsp3) is 0.765. The van der Waals surface area contributed by atoms with Crippen LogP contribution in [0.25, 0.3) is 0 Å². The first-order valence-corrected chi connectivity index (χ1v) is 10.2. The van der Waals surface area contributed by atoms with Crippen molar-refractivity contribution in [3.8, 4) is 0 Å². The Morgan fingerprint density at radius 3 is 2.44 bits per heavy atom. The number of hydrogen-bond donors (Lipinski definition) is 1. The maximum absolute atomic E-state index is 4.87. The maximum atomic E-state index is 4.87. The van der Waals surface area contributed by atoms with Crippen LogP contribution in [-0.4, -0.2) is 51.7 Å². The molecule has 1 N–H and O–H groups in total. The first-order valence-electron chi connectivity index (χ1n) is 9.39. The van der Waals surface area contributed by atoms with Gasteiger partial charge in [0, 0.05) is 50.6 Å². The Kier molecular flexibility index (Phi) is 4.87.